The molecule has 28 heavy (non-hydrogen) atoms. The molecule has 148 valence electrons. The summed E-state index contributed by atoms with van der Waals surface area (Å²) in [6.07, 6.45) is 1.92. The number of amides is 3. The van der Waals surface area contributed by atoms with Crippen LogP contribution in [0.5, 0.6) is 0 Å². The lowest BCUT2D eigenvalue weighted by molar-refractivity contribution is -0.140. The standard InChI is InChI=1S/C20H24N4O3S/c1-13-18(28-12-23-13)16-7-5-15(6-8-16)10-21-19(26)17-4-3-9-24(17)20(27)14(2)22-11-25/h5-8,11-12,14,17H,3-4,9-10H2,1-2H3,(H,21,26)(H,22,25)/t14-,17-/m0/s1. The van der Waals surface area contributed by atoms with Crippen LogP contribution >= 0.6 is 11.3 Å². The molecule has 1 saturated heterocycles. The Balaban J connectivity index is 1.58. The summed E-state index contributed by atoms with van der Waals surface area (Å²) >= 11 is 1.61. The molecule has 2 N–H and O–H groups in total. The van der Waals surface area contributed by atoms with Gasteiger partial charge in [-0.15, -0.1) is 11.3 Å². The first-order valence-corrected chi connectivity index (χ1v) is 10.2. The van der Waals surface area contributed by atoms with Gasteiger partial charge in [0, 0.05) is 13.1 Å². The second kappa shape index (κ2) is 8.97. The van der Waals surface area contributed by atoms with E-state index in [1.54, 1.807) is 23.2 Å². The quantitative estimate of drug-likeness (QED) is 0.694. The molecule has 0 aliphatic carbocycles. The molecule has 0 unspecified atom stereocenters. The first-order valence-electron chi connectivity index (χ1n) is 9.28. The minimum Gasteiger partial charge on any atom is -0.350 e. The number of benzene rings is 1. The van der Waals surface area contributed by atoms with Gasteiger partial charge in [0.1, 0.15) is 12.1 Å². The maximum absolute atomic E-state index is 12.6. The molecule has 0 bridgehead atoms. The van der Waals surface area contributed by atoms with Gasteiger partial charge in [0.25, 0.3) is 0 Å². The van der Waals surface area contributed by atoms with Crippen LogP contribution in [0.4, 0.5) is 0 Å². The van der Waals surface area contributed by atoms with Crippen molar-refractivity contribution in [2.45, 2.75) is 45.3 Å². The number of hydrogen-bond acceptors (Lipinski definition) is 5. The third-order valence-electron chi connectivity index (χ3n) is 4.96. The highest BCUT2D eigenvalue weighted by Gasteiger charge is 2.35. The Bertz CT molecular complexity index is 849. The summed E-state index contributed by atoms with van der Waals surface area (Å²) in [6.45, 7) is 4.54. The second-order valence-electron chi connectivity index (χ2n) is 6.88. The van der Waals surface area contributed by atoms with Gasteiger partial charge in [-0.05, 0) is 37.8 Å². The lowest BCUT2D eigenvalue weighted by atomic mass is 10.1. The van der Waals surface area contributed by atoms with E-state index in [-0.39, 0.29) is 11.8 Å². The van der Waals surface area contributed by atoms with Crippen LogP contribution in [0.15, 0.2) is 29.8 Å². The molecule has 8 heteroatoms. The van der Waals surface area contributed by atoms with E-state index in [0.29, 0.717) is 25.9 Å². The van der Waals surface area contributed by atoms with Crippen LogP contribution in [0.1, 0.15) is 31.0 Å². The van der Waals surface area contributed by atoms with Crippen LogP contribution in [0.3, 0.4) is 0 Å². The Morgan fingerprint density at radius 2 is 2.11 bits per heavy atom. The molecule has 3 amide bonds. The van der Waals surface area contributed by atoms with Gasteiger partial charge in [0.05, 0.1) is 16.1 Å². The van der Waals surface area contributed by atoms with Crippen LogP contribution in [0, 0.1) is 6.92 Å². The Kier molecular flexibility index (Phi) is 6.41. The largest absolute Gasteiger partial charge is 0.350 e. The van der Waals surface area contributed by atoms with E-state index < -0.39 is 12.1 Å². The number of thiazole rings is 1. The molecular formula is C20H24N4O3S. The van der Waals surface area contributed by atoms with E-state index in [4.69, 9.17) is 0 Å². The monoisotopic (exact) mass is 400 g/mol. The van der Waals surface area contributed by atoms with Crippen LogP contribution in [-0.2, 0) is 20.9 Å². The molecule has 7 nitrogen and oxygen atoms in total. The lowest BCUT2D eigenvalue weighted by Crippen LogP contribution is -2.51. The highest BCUT2D eigenvalue weighted by molar-refractivity contribution is 7.13. The van der Waals surface area contributed by atoms with Crippen molar-refractivity contribution < 1.29 is 14.4 Å². The predicted molar refractivity (Wildman–Crippen MR) is 108 cm³/mol. The average molecular weight is 401 g/mol. The SMILES string of the molecule is Cc1ncsc1-c1ccc(CNC(=O)[C@@H]2CCCN2C(=O)[C@H](C)NC=O)cc1. The van der Waals surface area contributed by atoms with Gasteiger partial charge >= 0.3 is 0 Å². The van der Waals surface area contributed by atoms with Crippen LogP contribution in [0.25, 0.3) is 10.4 Å². The minimum absolute atomic E-state index is 0.161. The van der Waals surface area contributed by atoms with Crippen molar-refractivity contribution in [2.75, 3.05) is 6.54 Å². The summed E-state index contributed by atoms with van der Waals surface area (Å²) in [6, 6.07) is 6.92. The van der Waals surface area contributed by atoms with Crippen molar-refractivity contribution in [2.24, 2.45) is 0 Å². The average Bonchev–Trinajstić information content (AvgIpc) is 3.35. The van der Waals surface area contributed by atoms with Crippen molar-refractivity contribution in [1.82, 2.24) is 20.5 Å². The molecule has 2 heterocycles. The molecule has 1 aromatic heterocycles. The van der Waals surface area contributed by atoms with Crippen LogP contribution in [0.2, 0.25) is 0 Å². The zero-order chi connectivity index (χ0) is 20.1. The zero-order valence-corrected chi connectivity index (χ0v) is 16.8. The summed E-state index contributed by atoms with van der Waals surface area (Å²) in [5.74, 6) is -0.388. The molecule has 2 atom stereocenters. The number of carbonyl (C=O) groups excluding carboxylic acids is 3. The zero-order valence-electron chi connectivity index (χ0n) is 16.0. The number of likely N-dealkylation sites (tertiary alicyclic amines) is 1. The van der Waals surface area contributed by atoms with Gasteiger partial charge in [-0.25, -0.2) is 4.98 Å². The van der Waals surface area contributed by atoms with E-state index in [0.717, 1.165) is 28.1 Å². The topological polar surface area (TPSA) is 91.4 Å². The van der Waals surface area contributed by atoms with Gasteiger partial charge in [-0.1, -0.05) is 24.3 Å². The van der Waals surface area contributed by atoms with E-state index in [2.05, 4.69) is 15.6 Å². The van der Waals surface area contributed by atoms with Crippen LogP contribution in [-0.4, -0.2) is 46.7 Å². The third-order valence-corrected chi connectivity index (χ3v) is 5.93. The Hall–Kier alpha value is -2.74. The number of nitrogens with one attached hydrogen (secondary N) is 2. The van der Waals surface area contributed by atoms with Crippen molar-refractivity contribution in [3.05, 3.63) is 41.0 Å². The molecule has 1 aliphatic heterocycles. The normalized spacial score (nSPS) is 17.2. The molecule has 0 radical (unpaired) electrons. The fourth-order valence-electron chi connectivity index (χ4n) is 3.39. The van der Waals surface area contributed by atoms with Crippen molar-refractivity contribution in [3.8, 4) is 10.4 Å². The van der Waals surface area contributed by atoms with Gasteiger partial charge in [-0.3, -0.25) is 14.4 Å². The fraction of sp³-hybridized carbons (Fsp3) is 0.400. The summed E-state index contributed by atoms with van der Waals surface area (Å²) in [5, 5.41) is 5.38. The second-order valence-corrected chi connectivity index (χ2v) is 7.73. The summed E-state index contributed by atoms with van der Waals surface area (Å²) in [4.78, 5) is 42.6. The predicted octanol–water partition coefficient (Wildman–Crippen LogP) is 1.86. The number of hydrogen-bond donors (Lipinski definition) is 2. The maximum Gasteiger partial charge on any atom is 0.245 e. The number of rotatable bonds is 7. The lowest BCUT2D eigenvalue weighted by Gasteiger charge is -2.26. The van der Waals surface area contributed by atoms with Crippen molar-refractivity contribution in [3.63, 3.8) is 0 Å². The Labute approximate surface area is 168 Å². The molecule has 1 aliphatic rings. The van der Waals surface area contributed by atoms with E-state index in [1.807, 2.05) is 36.7 Å². The highest BCUT2D eigenvalue weighted by atomic mass is 32.1. The number of aryl methyl sites for hydroxylation is 1. The maximum atomic E-state index is 12.6. The first kappa shape index (κ1) is 20.0. The summed E-state index contributed by atoms with van der Waals surface area (Å²) in [7, 11) is 0. The molecule has 0 spiro atoms. The molecule has 0 saturated carbocycles. The van der Waals surface area contributed by atoms with Crippen molar-refractivity contribution in [1.29, 1.82) is 0 Å². The number of aromatic nitrogens is 1. The first-order chi connectivity index (χ1) is 13.5. The van der Waals surface area contributed by atoms with E-state index in [1.165, 1.54) is 0 Å². The Morgan fingerprint density at radius 1 is 1.36 bits per heavy atom. The van der Waals surface area contributed by atoms with Gasteiger partial charge in [-0.2, -0.15) is 0 Å². The van der Waals surface area contributed by atoms with Gasteiger partial charge < -0.3 is 15.5 Å². The van der Waals surface area contributed by atoms with Gasteiger partial charge in [0.2, 0.25) is 18.2 Å². The van der Waals surface area contributed by atoms with Gasteiger partial charge in [0.15, 0.2) is 0 Å². The van der Waals surface area contributed by atoms with Crippen molar-refractivity contribution >= 4 is 29.6 Å². The molecule has 3 rings (SSSR count). The fourth-order valence-corrected chi connectivity index (χ4v) is 4.20. The number of nitrogens with zero attached hydrogens (tertiary/aromatic N) is 2. The van der Waals surface area contributed by atoms with Crippen LogP contribution < -0.4 is 10.6 Å². The molecule has 2 aromatic rings. The third kappa shape index (κ3) is 4.39. The molecular weight excluding hydrogens is 376 g/mol. The van der Waals surface area contributed by atoms with E-state index >= 15 is 0 Å². The van der Waals surface area contributed by atoms with E-state index in [9.17, 15) is 14.4 Å². The molecule has 1 aromatic carbocycles. The Morgan fingerprint density at radius 3 is 2.75 bits per heavy atom. The summed E-state index contributed by atoms with van der Waals surface area (Å²) < 4.78 is 0. The smallest absolute Gasteiger partial charge is 0.245 e. The molecule has 1 fully saturated rings. The summed E-state index contributed by atoms with van der Waals surface area (Å²) in [5.41, 5.74) is 4.94. The minimum atomic E-state index is -0.631. The number of carbonyl (C=O) groups is 3. The highest BCUT2D eigenvalue weighted by Crippen LogP contribution is 2.27.